The lowest BCUT2D eigenvalue weighted by molar-refractivity contribution is 0.102. The second-order valence-corrected chi connectivity index (χ2v) is 6.95. The molecule has 4 rings (SSSR count). The Hall–Kier alpha value is -3.59. The molecule has 9 heteroatoms. The van der Waals surface area contributed by atoms with Crippen LogP contribution in [0, 0.1) is 6.92 Å². The van der Waals surface area contributed by atoms with Gasteiger partial charge in [0.1, 0.15) is 23.7 Å². The third-order valence-electron chi connectivity index (χ3n) is 4.00. The molecule has 1 N–H and O–H groups in total. The van der Waals surface area contributed by atoms with Crippen molar-refractivity contribution in [3.63, 3.8) is 0 Å². The van der Waals surface area contributed by atoms with Crippen molar-refractivity contribution in [2.75, 3.05) is 5.32 Å². The van der Waals surface area contributed by atoms with Gasteiger partial charge >= 0.3 is 0 Å². The Labute approximate surface area is 174 Å². The number of aromatic nitrogens is 5. The SMILES string of the molecule is Cc1nccn1-c1cc(Oc2ccc(NC(=O)c3cncc(Br)c3)cc2)ncn1. The number of ether oxygens (including phenoxy) is 1. The highest BCUT2D eigenvalue weighted by Crippen LogP contribution is 2.23. The maximum atomic E-state index is 12.3. The molecular formula is C20H15BrN6O2. The van der Waals surface area contributed by atoms with Gasteiger partial charge in [-0.3, -0.25) is 14.3 Å². The van der Waals surface area contributed by atoms with E-state index < -0.39 is 0 Å². The molecule has 0 aliphatic heterocycles. The Balaban J connectivity index is 1.45. The number of aryl methyl sites for hydroxylation is 1. The van der Waals surface area contributed by atoms with Gasteiger partial charge in [-0.2, -0.15) is 0 Å². The number of nitrogens with zero attached hydrogens (tertiary/aromatic N) is 5. The van der Waals surface area contributed by atoms with Gasteiger partial charge in [-0.15, -0.1) is 0 Å². The number of benzene rings is 1. The summed E-state index contributed by atoms with van der Waals surface area (Å²) in [7, 11) is 0. The minimum atomic E-state index is -0.247. The molecule has 0 saturated carbocycles. The molecular weight excluding hydrogens is 436 g/mol. The van der Waals surface area contributed by atoms with Gasteiger partial charge in [0.2, 0.25) is 5.88 Å². The van der Waals surface area contributed by atoms with Crippen molar-refractivity contribution in [3.05, 3.63) is 83.4 Å². The molecule has 3 heterocycles. The number of carbonyl (C=O) groups excluding carboxylic acids is 1. The second kappa shape index (κ2) is 8.19. The quantitative estimate of drug-likeness (QED) is 0.490. The van der Waals surface area contributed by atoms with Gasteiger partial charge in [0.15, 0.2) is 0 Å². The maximum absolute atomic E-state index is 12.3. The van der Waals surface area contributed by atoms with Crippen molar-refractivity contribution in [2.45, 2.75) is 6.92 Å². The number of hydrogen-bond acceptors (Lipinski definition) is 6. The van der Waals surface area contributed by atoms with E-state index in [4.69, 9.17) is 4.74 Å². The molecule has 1 aromatic carbocycles. The smallest absolute Gasteiger partial charge is 0.257 e. The zero-order chi connectivity index (χ0) is 20.2. The van der Waals surface area contributed by atoms with Crippen molar-refractivity contribution in [2.24, 2.45) is 0 Å². The van der Waals surface area contributed by atoms with Crippen LogP contribution in [0.2, 0.25) is 0 Å². The van der Waals surface area contributed by atoms with Crippen LogP contribution in [-0.2, 0) is 0 Å². The summed E-state index contributed by atoms with van der Waals surface area (Å²) in [6.45, 7) is 1.89. The summed E-state index contributed by atoms with van der Waals surface area (Å²) in [6, 6.07) is 10.4. The van der Waals surface area contributed by atoms with Crippen LogP contribution in [-0.4, -0.2) is 30.4 Å². The molecule has 0 radical (unpaired) electrons. The van der Waals surface area contributed by atoms with E-state index in [1.807, 2.05) is 17.7 Å². The monoisotopic (exact) mass is 450 g/mol. The number of imidazole rings is 1. The molecule has 29 heavy (non-hydrogen) atoms. The van der Waals surface area contributed by atoms with E-state index in [2.05, 4.69) is 41.2 Å². The predicted molar refractivity (Wildman–Crippen MR) is 110 cm³/mol. The topological polar surface area (TPSA) is 94.8 Å². The highest BCUT2D eigenvalue weighted by Gasteiger charge is 2.08. The van der Waals surface area contributed by atoms with Gasteiger partial charge in [-0.25, -0.2) is 15.0 Å². The van der Waals surface area contributed by atoms with Crippen LogP contribution < -0.4 is 10.1 Å². The lowest BCUT2D eigenvalue weighted by atomic mass is 10.2. The molecule has 0 spiro atoms. The zero-order valence-corrected chi connectivity index (χ0v) is 16.9. The van der Waals surface area contributed by atoms with Crippen LogP contribution in [0.15, 0.2) is 72.0 Å². The lowest BCUT2D eigenvalue weighted by Crippen LogP contribution is -2.12. The van der Waals surface area contributed by atoms with E-state index in [-0.39, 0.29) is 5.91 Å². The van der Waals surface area contributed by atoms with E-state index in [9.17, 15) is 4.79 Å². The molecule has 0 unspecified atom stereocenters. The molecule has 0 aliphatic carbocycles. The van der Waals surface area contributed by atoms with Crippen LogP contribution in [0.1, 0.15) is 16.2 Å². The van der Waals surface area contributed by atoms with Gasteiger partial charge in [0.25, 0.3) is 5.91 Å². The predicted octanol–water partition coefficient (Wildman–Crippen LogP) is 4.17. The molecule has 8 nitrogen and oxygen atoms in total. The van der Waals surface area contributed by atoms with Crippen molar-refractivity contribution < 1.29 is 9.53 Å². The van der Waals surface area contributed by atoms with Gasteiger partial charge in [-0.1, -0.05) is 0 Å². The molecule has 1 amide bonds. The number of amides is 1. The largest absolute Gasteiger partial charge is 0.439 e. The van der Waals surface area contributed by atoms with Crippen LogP contribution in [0.4, 0.5) is 5.69 Å². The Morgan fingerprint density at radius 1 is 1.10 bits per heavy atom. The van der Waals surface area contributed by atoms with Gasteiger partial charge in [0.05, 0.1) is 5.56 Å². The molecule has 0 fully saturated rings. The van der Waals surface area contributed by atoms with E-state index in [1.54, 1.807) is 48.8 Å². The third-order valence-corrected chi connectivity index (χ3v) is 4.44. The fraction of sp³-hybridized carbons (Fsp3) is 0.0500. The van der Waals surface area contributed by atoms with Crippen LogP contribution in [0.25, 0.3) is 5.82 Å². The van der Waals surface area contributed by atoms with E-state index in [0.29, 0.717) is 28.7 Å². The summed E-state index contributed by atoms with van der Waals surface area (Å²) >= 11 is 3.30. The van der Waals surface area contributed by atoms with Crippen molar-refractivity contribution in [3.8, 4) is 17.4 Å². The van der Waals surface area contributed by atoms with E-state index >= 15 is 0 Å². The Morgan fingerprint density at radius 3 is 2.66 bits per heavy atom. The third kappa shape index (κ3) is 4.46. The summed E-state index contributed by atoms with van der Waals surface area (Å²) < 4.78 is 8.38. The average molecular weight is 451 g/mol. The Kier molecular flexibility index (Phi) is 5.30. The van der Waals surface area contributed by atoms with Crippen LogP contribution >= 0.6 is 15.9 Å². The molecule has 4 aromatic rings. The highest BCUT2D eigenvalue weighted by molar-refractivity contribution is 9.10. The van der Waals surface area contributed by atoms with Crippen molar-refractivity contribution in [1.29, 1.82) is 0 Å². The first-order valence-electron chi connectivity index (χ1n) is 8.61. The van der Waals surface area contributed by atoms with Crippen molar-refractivity contribution >= 4 is 27.5 Å². The van der Waals surface area contributed by atoms with E-state index in [0.717, 1.165) is 10.3 Å². The number of rotatable bonds is 5. The van der Waals surface area contributed by atoms with Gasteiger partial charge < -0.3 is 10.1 Å². The molecule has 0 aliphatic rings. The number of hydrogen-bond donors (Lipinski definition) is 1. The first-order valence-corrected chi connectivity index (χ1v) is 9.40. The second-order valence-electron chi connectivity index (χ2n) is 6.03. The summed E-state index contributed by atoms with van der Waals surface area (Å²) in [6.07, 6.45) is 8.08. The number of anilines is 1. The number of nitrogens with one attached hydrogen (secondary N) is 1. The number of carbonyl (C=O) groups is 1. The van der Waals surface area contributed by atoms with Crippen LogP contribution in [0.5, 0.6) is 11.6 Å². The summed E-state index contributed by atoms with van der Waals surface area (Å²) in [5, 5.41) is 2.82. The fourth-order valence-electron chi connectivity index (χ4n) is 2.60. The minimum Gasteiger partial charge on any atom is -0.439 e. The zero-order valence-electron chi connectivity index (χ0n) is 15.3. The van der Waals surface area contributed by atoms with Gasteiger partial charge in [-0.05, 0) is 53.2 Å². The first kappa shape index (κ1) is 18.8. The molecule has 0 atom stereocenters. The minimum absolute atomic E-state index is 0.247. The van der Waals surface area contributed by atoms with Crippen LogP contribution in [0.3, 0.4) is 0 Å². The Morgan fingerprint density at radius 2 is 1.93 bits per heavy atom. The summed E-state index contributed by atoms with van der Waals surface area (Å²) in [4.78, 5) is 28.9. The lowest BCUT2D eigenvalue weighted by Gasteiger charge is -2.09. The van der Waals surface area contributed by atoms with Gasteiger partial charge in [0, 0.05) is 41.0 Å². The van der Waals surface area contributed by atoms with Crippen molar-refractivity contribution in [1.82, 2.24) is 24.5 Å². The number of pyridine rings is 1. The molecule has 3 aromatic heterocycles. The maximum Gasteiger partial charge on any atom is 0.257 e. The molecule has 0 bridgehead atoms. The normalized spacial score (nSPS) is 10.6. The molecule has 144 valence electrons. The van der Waals surface area contributed by atoms with E-state index in [1.165, 1.54) is 12.5 Å². The number of halogens is 1. The highest BCUT2D eigenvalue weighted by atomic mass is 79.9. The summed E-state index contributed by atoms with van der Waals surface area (Å²) in [5.74, 6) is 2.22. The fourth-order valence-corrected chi connectivity index (χ4v) is 2.97. The summed E-state index contributed by atoms with van der Waals surface area (Å²) in [5.41, 5.74) is 1.10. The first-order chi connectivity index (χ1) is 14.1. The standard InChI is InChI=1S/C20H15BrN6O2/c1-13-23-6-7-27(13)18-9-19(25-12-24-18)29-17-4-2-16(3-5-17)26-20(28)14-8-15(21)11-22-10-14/h2-12H,1H3,(H,26,28). The Bertz CT molecular complexity index is 1160. The molecule has 0 saturated heterocycles. The average Bonchev–Trinajstić information content (AvgIpc) is 3.16.